The van der Waals surface area contributed by atoms with Crippen LogP contribution in [0, 0.1) is 6.92 Å². The Bertz CT molecular complexity index is 1290. The van der Waals surface area contributed by atoms with Crippen molar-refractivity contribution in [1.82, 2.24) is 29.6 Å². The molecule has 9 nitrogen and oxygen atoms in total. The number of hydrogen-bond donors (Lipinski definition) is 1. The second-order valence-electron chi connectivity index (χ2n) is 8.14. The van der Waals surface area contributed by atoms with Gasteiger partial charge >= 0.3 is 0 Å². The van der Waals surface area contributed by atoms with Crippen molar-refractivity contribution in [1.29, 1.82) is 0 Å². The third-order valence-corrected chi connectivity index (χ3v) is 6.52. The minimum atomic E-state index is -0.971. The lowest BCUT2D eigenvalue weighted by Crippen LogP contribution is -2.48. The van der Waals surface area contributed by atoms with Crippen LogP contribution in [-0.4, -0.2) is 50.3 Å². The molecule has 0 aliphatic carbocycles. The molecule has 1 N–H and O–H groups in total. The van der Waals surface area contributed by atoms with Gasteiger partial charge in [-0.1, -0.05) is 6.07 Å². The molecule has 0 fully saturated rings. The van der Waals surface area contributed by atoms with Gasteiger partial charge < -0.3 is 14.8 Å². The van der Waals surface area contributed by atoms with Gasteiger partial charge in [-0.05, 0) is 32.2 Å². The predicted molar refractivity (Wildman–Crippen MR) is 126 cm³/mol. The molecule has 1 aliphatic heterocycles. The molecule has 33 heavy (non-hydrogen) atoms. The minimum absolute atomic E-state index is 0.499. The quantitative estimate of drug-likeness (QED) is 0.481. The highest BCUT2D eigenvalue weighted by atomic mass is 32.1. The summed E-state index contributed by atoms with van der Waals surface area (Å²) in [7, 11) is 5.55. The Balaban J connectivity index is 1.58. The number of rotatable bonds is 5. The lowest BCUT2D eigenvalue weighted by atomic mass is 10.1. The van der Waals surface area contributed by atoms with Gasteiger partial charge in [0.15, 0.2) is 5.01 Å². The van der Waals surface area contributed by atoms with Gasteiger partial charge in [-0.15, -0.1) is 11.3 Å². The highest BCUT2D eigenvalue weighted by Gasteiger charge is 2.42. The van der Waals surface area contributed by atoms with Crippen molar-refractivity contribution in [2.24, 2.45) is 7.05 Å². The number of likely N-dealkylation sites (N-methyl/N-ethyl adjacent to an activating group) is 1. The van der Waals surface area contributed by atoms with E-state index < -0.39 is 5.72 Å². The topological polar surface area (TPSA) is 90.2 Å². The lowest BCUT2D eigenvalue weighted by Gasteiger charge is -2.34. The van der Waals surface area contributed by atoms with E-state index in [1.165, 1.54) is 0 Å². The van der Waals surface area contributed by atoms with Crippen molar-refractivity contribution in [3.63, 3.8) is 0 Å². The summed E-state index contributed by atoms with van der Waals surface area (Å²) < 4.78 is 14.0. The van der Waals surface area contributed by atoms with Crippen LogP contribution in [0.3, 0.4) is 0 Å². The Morgan fingerprint density at radius 3 is 2.82 bits per heavy atom. The zero-order valence-electron chi connectivity index (χ0n) is 18.9. The zero-order valence-corrected chi connectivity index (χ0v) is 19.8. The fraction of sp³-hybridized carbons (Fsp3) is 0.304. The normalized spacial score (nSPS) is 18.3. The number of anilines is 1. The molecule has 5 rings (SSSR count). The second kappa shape index (κ2) is 8.45. The number of thiazole rings is 1. The molecule has 0 saturated carbocycles. The maximum Gasteiger partial charge on any atom is 0.248 e. The molecule has 0 saturated heterocycles. The van der Waals surface area contributed by atoms with E-state index in [2.05, 4.69) is 27.3 Å². The Labute approximate surface area is 196 Å². The van der Waals surface area contributed by atoms with Gasteiger partial charge in [0.1, 0.15) is 5.82 Å². The van der Waals surface area contributed by atoms with Crippen molar-refractivity contribution in [3.8, 4) is 22.9 Å². The summed E-state index contributed by atoms with van der Waals surface area (Å²) in [5.41, 5.74) is 2.78. The molecule has 0 bridgehead atoms. The van der Waals surface area contributed by atoms with Gasteiger partial charge in [0.25, 0.3) is 0 Å². The van der Waals surface area contributed by atoms with Crippen molar-refractivity contribution >= 4 is 17.2 Å². The van der Waals surface area contributed by atoms with Crippen LogP contribution in [-0.2, 0) is 19.3 Å². The number of aromatic nitrogens is 5. The summed E-state index contributed by atoms with van der Waals surface area (Å²) in [6.45, 7) is 3.24. The fourth-order valence-electron chi connectivity index (χ4n) is 3.98. The van der Waals surface area contributed by atoms with Crippen LogP contribution < -0.4 is 14.8 Å². The molecular formula is C23H25N7O2S. The van der Waals surface area contributed by atoms with Crippen LogP contribution in [0.2, 0.25) is 0 Å². The fourth-order valence-corrected chi connectivity index (χ4v) is 4.86. The summed E-state index contributed by atoms with van der Waals surface area (Å²) in [4.78, 5) is 16.2. The largest absolute Gasteiger partial charge is 0.480 e. The maximum atomic E-state index is 6.60. The highest BCUT2D eigenvalue weighted by molar-refractivity contribution is 7.09. The lowest BCUT2D eigenvalue weighted by molar-refractivity contribution is 0.0640. The Morgan fingerprint density at radius 1 is 1.21 bits per heavy atom. The van der Waals surface area contributed by atoms with Gasteiger partial charge in [-0.25, -0.2) is 9.97 Å². The molecule has 0 aromatic carbocycles. The summed E-state index contributed by atoms with van der Waals surface area (Å²) in [6, 6.07) is 7.85. The van der Waals surface area contributed by atoms with E-state index in [1.807, 2.05) is 49.8 Å². The van der Waals surface area contributed by atoms with E-state index in [0.29, 0.717) is 30.7 Å². The first-order chi connectivity index (χ1) is 16.0. The van der Waals surface area contributed by atoms with Crippen LogP contribution in [0.5, 0.6) is 11.8 Å². The highest BCUT2D eigenvalue weighted by Crippen LogP contribution is 2.37. The van der Waals surface area contributed by atoms with Gasteiger partial charge in [0.05, 0.1) is 19.9 Å². The first-order valence-electron chi connectivity index (χ1n) is 10.5. The van der Waals surface area contributed by atoms with Crippen LogP contribution in [0.1, 0.15) is 16.3 Å². The average molecular weight is 464 g/mol. The van der Waals surface area contributed by atoms with E-state index in [-0.39, 0.29) is 0 Å². The van der Waals surface area contributed by atoms with Crippen LogP contribution >= 0.6 is 11.3 Å². The molecular weight excluding hydrogens is 438 g/mol. The molecule has 1 aliphatic rings. The first kappa shape index (κ1) is 21.4. The number of aryl methyl sites for hydroxylation is 2. The van der Waals surface area contributed by atoms with Crippen LogP contribution in [0.15, 0.2) is 48.2 Å². The molecule has 0 radical (unpaired) electrons. The number of nitrogens with one attached hydrogen (secondary N) is 1. The molecule has 0 amide bonds. The zero-order chi connectivity index (χ0) is 23.0. The van der Waals surface area contributed by atoms with Crippen molar-refractivity contribution in [2.45, 2.75) is 19.2 Å². The third kappa shape index (κ3) is 4.14. The van der Waals surface area contributed by atoms with E-state index in [1.54, 1.807) is 35.5 Å². The van der Waals surface area contributed by atoms with E-state index >= 15 is 0 Å². The Kier molecular flexibility index (Phi) is 5.47. The van der Waals surface area contributed by atoms with Gasteiger partial charge in [-0.2, -0.15) is 10.1 Å². The summed E-state index contributed by atoms with van der Waals surface area (Å²) in [5, 5.41) is 10.6. The standard InChI is InChI=1S/C23H25N7O2S/c1-15-13-33-22(26-15)23(14-29(2)11-16-6-5-9-24-20(16)32-23)28-19-8-7-18(21(27-19)31-4)17-10-25-30(3)12-17/h5-10,12-13H,11,14H2,1-4H3,(H,27,28). The summed E-state index contributed by atoms with van der Waals surface area (Å²) >= 11 is 1.55. The number of ether oxygens (including phenoxy) is 2. The first-order valence-corrected chi connectivity index (χ1v) is 11.4. The van der Waals surface area contributed by atoms with E-state index in [0.717, 1.165) is 27.4 Å². The monoisotopic (exact) mass is 463 g/mol. The van der Waals surface area contributed by atoms with E-state index in [4.69, 9.17) is 19.4 Å². The number of pyridine rings is 2. The molecule has 0 spiro atoms. The SMILES string of the molecule is COc1nc(NC2(c3nc(C)cs3)CN(C)Cc3cccnc3O2)ccc1-c1cnn(C)c1. The maximum absolute atomic E-state index is 6.60. The number of fused-ring (bicyclic) bond motifs is 1. The molecule has 10 heteroatoms. The van der Waals surface area contributed by atoms with Crippen molar-refractivity contribution in [2.75, 3.05) is 26.0 Å². The molecule has 4 aromatic heterocycles. The Hall–Kier alpha value is -3.50. The average Bonchev–Trinajstić information content (AvgIpc) is 3.40. The molecule has 5 heterocycles. The summed E-state index contributed by atoms with van der Waals surface area (Å²) in [5.74, 6) is 1.69. The predicted octanol–water partition coefficient (Wildman–Crippen LogP) is 3.44. The Morgan fingerprint density at radius 2 is 2.09 bits per heavy atom. The minimum Gasteiger partial charge on any atom is -0.480 e. The summed E-state index contributed by atoms with van der Waals surface area (Å²) in [6.07, 6.45) is 5.46. The van der Waals surface area contributed by atoms with Crippen LogP contribution in [0.25, 0.3) is 11.1 Å². The number of methoxy groups -OCH3 is 1. The van der Waals surface area contributed by atoms with Gasteiger partial charge in [-0.3, -0.25) is 9.58 Å². The van der Waals surface area contributed by atoms with Gasteiger partial charge in [0.2, 0.25) is 17.5 Å². The molecule has 170 valence electrons. The van der Waals surface area contributed by atoms with E-state index in [9.17, 15) is 0 Å². The van der Waals surface area contributed by atoms with Crippen molar-refractivity contribution in [3.05, 3.63) is 64.5 Å². The molecule has 1 unspecified atom stereocenters. The number of hydrogen-bond acceptors (Lipinski definition) is 9. The van der Waals surface area contributed by atoms with Gasteiger partial charge in [0, 0.05) is 53.8 Å². The molecule has 4 aromatic rings. The smallest absolute Gasteiger partial charge is 0.248 e. The third-order valence-electron chi connectivity index (χ3n) is 5.42. The van der Waals surface area contributed by atoms with Crippen molar-refractivity contribution < 1.29 is 9.47 Å². The molecule has 1 atom stereocenters. The van der Waals surface area contributed by atoms with Crippen LogP contribution in [0.4, 0.5) is 5.82 Å². The number of nitrogens with zero attached hydrogens (tertiary/aromatic N) is 6. The second-order valence-corrected chi connectivity index (χ2v) is 9.00.